The van der Waals surface area contributed by atoms with Crippen molar-refractivity contribution in [2.75, 3.05) is 0 Å². The molecule has 98 valence electrons. The van der Waals surface area contributed by atoms with Gasteiger partial charge in [0, 0.05) is 0 Å². The van der Waals surface area contributed by atoms with Crippen LogP contribution in [0.25, 0.3) is 0 Å². The van der Waals surface area contributed by atoms with Gasteiger partial charge in [-0.15, -0.1) is 0 Å². The van der Waals surface area contributed by atoms with Crippen LogP contribution in [0.4, 0.5) is 17.6 Å². The van der Waals surface area contributed by atoms with Crippen LogP contribution in [0.5, 0.6) is 0 Å². The van der Waals surface area contributed by atoms with Crippen molar-refractivity contribution in [3.05, 3.63) is 47.3 Å². The van der Waals surface area contributed by atoms with E-state index in [9.17, 15) is 17.6 Å². The number of alkyl halides is 3. The minimum Gasteiger partial charge on any atom is -0.384 e. The summed E-state index contributed by atoms with van der Waals surface area (Å²) in [7, 11) is 0. The van der Waals surface area contributed by atoms with Crippen molar-refractivity contribution in [3.63, 3.8) is 0 Å². The van der Waals surface area contributed by atoms with E-state index in [4.69, 9.17) is 5.73 Å². The van der Waals surface area contributed by atoms with Crippen LogP contribution in [-0.4, -0.2) is 5.84 Å². The van der Waals surface area contributed by atoms with Crippen LogP contribution in [0.2, 0.25) is 0 Å². The summed E-state index contributed by atoms with van der Waals surface area (Å²) in [5.41, 5.74) is 4.29. The Balaban J connectivity index is 3.06. The molecule has 1 rings (SSSR count). The lowest BCUT2D eigenvalue weighted by molar-refractivity contribution is -0.138. The molecule has 0 bridgehead atoms. The second kappa shape index (κ2) is 5.66. The molecule has 0 fully saturated rings. The molecule has 6 heteroatoms. The van der Waals surface area contributed by atoms with E-state index in [0.717, 1.165) is 12.1 Å². The van der Waals surface area contributed by atoms with Gasteiger partial charge in [-0.05, 0) is 30.7 Å². The van der Waals surface area contributed by atoms with E-state index in [-0.39, 0.29) is 17.9 Å². The number of allylic oxidation sites excluding steroid dienone is 1. The number of benzene rings is 1. The molecular formula is C12H12F4N2. The summed E-state index contributed by atoms with van der Waals surface area (Å²) in [4.78, 5) is 3.77. The van der Waals surface area contributed by atoms with Crippen molar-refractivity contribution in [1.82, 2.24) is 0 Å². The molecule has 0 saturated carbocycles. The van der Waals surface area contributed by atoms with Crippen molar-refractivity contribution in [1.29, 1.82) is 0 Å². The van der Waals surface area contributed by atoms with Crippen LogP contribution < -0.4 is 5.73 Å². The number of nitrogens with two attached hydrogens (primary N) is 1. The highest BCUT2D eigenvalue weighted by Gasteiger charge is 2.33. The Hall–Kier alpha value is -1.85. The van der Waals surface area contributed by atoms with E-state index in [1.165, 1.54) is 6.08 Å². The van der Waals surface area contributed by atoms with Gasteiger partial charge >= 0.3 is 6.18 Å². The first-order chi connectivity index (χ1) is 8.34. The Morgan fingerprint density at radius 3 is 2.61 bits per heavy atom. The first-order valence-electron chi connectivity index (χ1n) is 5.13. The third-order valence-electron chi connectivity index (χ3n) is 2.15. The highest BCUT2D eigenvalue weighted by molar-refractivity contribution is 5.91. The number of hydrogen-bond donors (Lipinski definition) is 1. The standard InChI is InChI=1S/C12H12F4N2/c1-2-3-11(17)18-7-8-4-5-9(13)6-10(8)12(14,15)16/h2-6H,7H2,1H3,(H2,17,18)/b3-2-. The topological polar surface area (TPSA) is 38.4 Å². The van der Waals surface area contributed by atoms with Crippen molar-refractivity contribution < 1.29 is 17.6 Å². The van der Waals surface area contributed by atoms with Crippen LogP contribution in [0, 0.1) is 5.82 Å². The van der Waals surface area contributed by atoms with Gasteiger partial charge in [-0.2, -0.15) is 13.2 Å². The zero-order valence-electron chi connectivity index (χ0n) is 9.63. The van der Waals surface area contributed by atoms with E-state index < -0.39 is 17.6 Å². The van der Waals surface area contributed by atoms with E-state index in [2.05, 4.69) is 4.99 Å². The molecule has 0 heterocycles. The fourth-order valence-electron chi connectivity index (χ4n) is 1.35. The molecule has 0 unspecified atom stereocenters. The maximum absolute atomic E-state index is 12.8. The number of halogens is 4. The lowest BCUT2D eigenvalue weighted by Crippen LogP contribution is -2.11. The highest BCUT2D eigenvalue weighted by atomic mass is 19.4. The second-order valence-electron chi connectivity index (χ2n) is 3.54. The van der Waals surface area contributed by atoms with Gasteiger partial charge in [0.2, 0.25) is 0 Å². The molecule has 1 aromatic rings. The Kier molecular flexibility index (Phi) is 4.47. The van der Waals surface area contributed by atoms with E-state index in [1.54, 1.807) is 13.0 Å². The lowest BCUT2D eigenvalue weighted by atomic mass is 10.1. The summed E-state index contributed by atoms with van der Waals surface area (Å²) in [5, 5.41) is 0. The monoisotopic (exact) mass is 260 g/mol. The van der Waals surface area contributed by atoms with Gasteiger partial charge in [-0.3, -0.25) is 4.99 Å². The highest BCUT2D eigenvalue weighted by Crippen LogP contribution is 2.32. The van der Waals surface area contributed by atoms with Crippen LogP contribution in [-0.2, 0) is 12.7 Å². The quantitative estimate of drug-likeness (QED) is 0.505. The first-order valence-corrected chi connectivity index (χ1v) is 5.13. The summed E-state index contributed by atoms with van der Waals surface area (Å²) in [6.07, 6.45) is -1.52. The zero-order valence-corrected chi connectivity index (χ0v) is 9.63. The van der Waals surface area contributed by atoms with Crippen LogP contribution in [0.15, 0.2) is 35.3 Å². The van der Waals surface area contributed by atoms with Gasteiger partial charge < -0.3 is 5.73 Å². The molecule has 0 atom stereocenters. The summed E-state index contributed by atoms with van der Waals surface area (Å²) < 4.78 is 50.7. The molecule has 1 aromatic carbocycles. The van der Waals surface area contributed by atoms with Crippen LogP contribution in [0.1, 0.15) is 18.1 Å². The molecule has 0 aliphatic rings. The van der Waals surface area contributed by atoms with E-state index in [1.807, 2.05) is 0 Å². The Bertz CT molecular complexity index is 475. The Morgan fingerprint density at radius 2 is 2.06 bits per heavy atom. The minimum absolute atomic E-state index is 0.114. The Labute approximate surface area is 102 Å². The number of nitrogens with zero attached hydrogens (tertiary/aromatic N) is 1. The lowest BCUT2D eigenvalue weighted by Gasteiger charge is -2.11. The van der Waals surface area contributed by atoms with Crippen molar-refractivity contribution in [2.24, 2.45) is 10.7 Å². The molecule has 2 nitrogen and oxygen atoms in total. The molecule has 0 saturated heterocycles. The van der Waals surface area contributed by atoms with Crippen LogP contribution >= 0.6 is 0 Å². The smallest absolute Gasteiger partial charge is 0.384 e. The maximum atomic E-state index is 12.8. The maximum Gasteiger partial charge on any atom is 0.416 e. The first kappa shape index (κ1) is 14.2. The normalized spacial score (nSPS) is 13.3. The number of aliphatic imine (C=N–C) groups is 1. The van der Waals surface area contributed by atoms with Gasteiger partial charge in [0.25, 0.3) is 0 Å². The third-order valence-corrected chi connectivity index (χ3v) is 2.15. The predicted octanol–water partition coefficient (Wildman–Crippen LogP) is 3.28. The average Bonchev–Trinajstić information content (AvgIpc) is 2.26. The molecule has 0 amide bonds. The van der Waals surface area contributed by atoms with Crippen molar-refractivity contribution in [3.8, 4) is 0 Å². The molecular weight excluding hydrogens is 248 g/mol. The summed E-state index contributed by atoms with van der Waals surface area (Å²) >= 11 is 0. The summed E-state index contributed by atoms with van der Waals surface area (Å²) in [5.74, 6) is -0.813. The van der Waals surface area contributed by atoms with E-state index in [0.29, 0.717) is 6.07 Å². The van der Waals surface area contributed by atoms with Gasteiger partial charge in [0.15, 0.2) is 0 Å². The minimum atomic E-state index is -4.61. The molecule has 0 aromatic heterocycles. The predicted molar refractivity (Wildman–Crippen MR) is 61.5 cm³/mol. The molecule has 2 N–H and O–H groups in total. The summed E-state index contributed by atoms with van der Waals surface area (Å²) in [6.45, 7) is 1.46. The van der Waals surface area contributed by atoms with Gasteiger partial charge in [-0.1, -0.05) is 12.1 Å². The number of amidine groups is 1. The van der Waals surface area contributed by atoms with Gasteiger partial charge in [0.05, 0.1) is 12.1 Å². The van der Waals surface area contributed by atoms with Crippen molar-refractivity contribution in [2.45, 2.75) is 19.6 Å². The second-order valence-corrected chi connectivity index (χ2v) is 3.54. The largest absolute Gasteiger partial charge is 0.416 e. The van der Waals surface area contributed by atoms with Crippen LogP contribution in [0.3, 0.4) is 0 Å². The zero-order chi connectivity index (χ0) is 13.8. The molecule has 0 aliphatic carbocycles. The molecule has 0 radical (unpaired) electrons. The average molecular weight is 260 g/mol. The molecule has 18 heavy (non-hydrogen) atoms. The molecule has 0 aliphatic heterocycles. The molecule has 0 spiro atoms. The summed E-state index contributed by atoms with van der Waals surface area (Å²) in [6, 6.07) is 2.48. The third kappa shape index (κ3) is 3.87. The fraction of sp³-hybridized carbons (Fsp3) is 0.250. The van der Waals surface area contributed by atoms with E-state index >= 15 is 0 Å². The number of rotatable bonds is 3. The Morgan fingerprint density at radius 1 is 1.39 bits per heavy atom. The number of hydrogen-bond acceptors (Lipinski definition) is 1. The fourth-order valence-corrected chi connectivity index (χ4v) is 1.35. The van der Waals surface area contributed by atoms with Crippen molar-refractivity contribution >= 4 is 5.84 Å². The SMILES string of the molecule is C/C=C\C(N)=NCc1ccc(F)cc1C(F)(F)F. The van der Waals surface area contributed by atoms with Gasteiger partial charge in [0.1, 0.15) is 11.7 Å². The van der Waals surface area contributed by atoms with Gasteiger partial charge in [-0.25, -0.2) is 4.39 Å².